The number of halogens is 5. The first-order chi connectivity index (χ1) is 16.7. The maximum absolute atomic E-state index is 14.4. The molecule has 2 aliphatic rings. The molecule has 0 spiro atoms. The van der Waals surface area contributed by atoms with Crippen molar-refractivity contribution in [3.05, 3.63) is 64.2 Å². The molecule has 35 heavy (non-hydrogen) atoms. The average Bonchev–Trinajstić information content (AvgIpc) is 2.87. The number of aryl methyl sites for hydroxylation is 1. The zero-order valence-corrected chi connectivity index (χ0v) is 21.1. The van der Waals surface area contributed by atoms with E-state index in [2.05, 4.69) is 6.92 Å². The van der Waals surface area contributed by atoms with Crippen molar-refractivity contribution in [1.29, 1.82) is 0 Å². The van der Waals surface area contributed by atoms with E-state index >= 15 is 0 Å². The highest BCUT2D eigenvalue weighted by atomic mass is 35.5. The zero-order chi connectivity index (χ0) is 25.0. The summed E-state index contributed by atoms with van der Waals surface area (Å²) in [6, 6.07) is 7.51. The van der Waals surface area contributed by atoms with Crippen molar-refractivity contribution in [3.8, 4) is 5.75 Å². The Bertz CT molecular complexity index is 938. The van der Waals surface area contributed by atoms with Gasteiger partial charge in [0.2, 0.25) is 0 Å². The average molecular weight is 511 g/mol. The Labute approximate surface area is 211 Å². The molecule has 0 radical (unpaired) electrons. The van der Waals surface area contributed by atoms with Crippen LogP contribution in [0.25, 0.3) is 0 Å². The van der Waals surface area contributed by atoms with Gasteiger partial charge in [0, 0.05) is 0 Å². The van der Waals surface area contributed by atoms with E-state index < -0.39 is 28.3 Å². The number of hydrogen-bond donors (Lipinski definition) is 0. The summed E-state index contributed by atoms with van der Waals surface area (Å²) in [7, 11) is 0. The number of hydrogen-bond acceptors (Lipinski definition) is 1. The lowest BCUT2D eigenvalue weighted by Gasteiger charge is -2.37. The molecular formula is C29H35ClF4O. The lowest BCUT2D eigenvalue weighted by Crippen LogP contribution is -2.25. The van der Waals surface area contributed by atoms with E-state index in [0.29, 0.717) is 12.1 Å². The predicted octanol–water partition coefficient (Wildman–Crippen LogP) is 9.70. The Morgan fingerprint density at radius 2 is 1.34 bits per heavy atom. The van der Waals surface area contributed by atoms with Crippen LogP contribution in [-0.4, -0.2) is 0 Å². The summed E-state index contributed by atoms with van der Waals surface area (Å²) in [5, 5.41) is -0.818. The molecule has 192 valence electrons. The Morgan fingerprint density at radius 1 is 0.829 bits per heavy atom. The second-order valence-corrected chi connectivity index (χ2v) is 10.9. The van der Waals surface area contributed by atoms with Crippen molar-refractivity contribution < 1.29 is 22.3 Å². The van der Waals surface area contributed by atoms with E-state index in [1.165, 1.54) is 69.9 Å². The zero-order valence-electron chi connectivity index (χ0n) is 20.3. The van der Waals surface area contributed by atoms with Gasteiger partial charge in [-0.2, -0.15) is 8.78 Å². The van der Waals surface area contributed by atoms with Crippen molar-refractivity contribution in [2.75, 3.05) is 0 Å². The summed E-state index contributed by atoms with van der Waals surface area (Å²) < 4.78 is 60.8. The van der Waals surface area contributed by atoms with Gasteiger partial charge in [-0.15, -0.1) is 0 Å². The molecule has 2 fully saturated rings. The number of rotatable bonds is 8. The van der Waals surface area contributed by atoms with Crippen LogP contribution in [-0.2, 0) is 12.5 Å². The van der Waals surface area contributed by atoms with Crippen LogP contribution in [0.2, 0.25) is 5.02 Å². The number of benzene rings is 2. The first-order valence-electron chi connectivity index (χ1n) is 13.1. The molecule has 2 aromatic rings. The minimum Gasteiger partial charge on any atom is -0.429 e. The van der Waals surface area contributed by atoms with Gasteiger partial charge < -0.3 is 4.74 Å². The fraction of sp³-hybridized carbons (Fsp3) is 0.586. The van der Waals surface area contributed by atoms with Gasteiger partial charge in [-0.25, -0.2) is 8.78 Å². The van der Waals surface area contributed by atoms with Crippen LogP contribution < -0.4 is 4.74 Å². The van der Waals surface area contributed by atoms with Crippen LogP contribution >= 0.6 is 11.6 Å². The number of ether oxygens (including phenoxy) is 1. The van der Waals surface area contributed by atoms with Crippen molar-refractivity contribution in [1.82, 2.24) is 0 Å². The van der Waals surface area contributed by atoms with Gasteiger partial charge in [0.05, 0.1) is 5.56 Å². The van der Waals surface area contributed by atoms with Crippen LogP contribution in [0.4, 0.5) is 17.6 Å². The van der Waals surface area contributed by atoms with Crippen LogP contribution in [0, 0.1) is 35.3 Å². The lowest BCUT2D eigenvalue weighted by molar-refractivity contribution is -0.185. The summed E-state index contributed by atoms with van der Waals surface area (Å²) in [5.41, 5.74) is 0.152. The molecule has 6 heteroatoms. The Balaban J connectivity index is 1.23. The highest BCUT2D eigenvalue weighted by Crippen LogP contribution is 2.43. The first kappa shape index (κ1) is 26.3. The number of alkyl halides is 2. The van der Waals surface area contributed by atoms with Crippen LogP contribution in [0.1, 0.15) is 82.3 Å². The molecule has 2 saturated carbocycles. The molecule has 2 aromatic carbocycles. The predicted molar refractivity (Wildman–Crippen MR) is 132 cm³/mol. The van der Waals surface area contributed by atoms with Gasteiger partial charge in [0.25, 0.3) is 0 Å². The maximum atomic E-state index is 14.4. The molecule has 0 N–H and O–H groups in total. The summed E-state index contributed by atoms with van der Waals surface area (Å²) in [4.78, 5) is 0. The molecule has 0 bridgehead atoms. The molecule has 0 aliphatic heterocycles. The highest BCUT2D eigenvalue weighted by molar-refractivity contribution is 6.30. The third-order valence-corrected chi connectivity index (χ3v) is 8.72. The Hall–Kier alpha value is -1.75. The van der Waals surface area contributed by atoms with E-state index in [4.69, 9.17) is 16.3 Å². The van der Waals surface area contributed by atoms with Gasteiger partial charge in [0.15, 0.2) is 0 Å². The molecule has 0 amide bonds. The molecule has 0 saturated heterocycles. The van der Waals surface area contributed by atoms with E-state index in [1.807, 2.05) is 0 Å². The smallest absolute Gasteiger partial charge is 0.426 e. The fourth-order valence-corrected chi connectivity index (χ4v) is 6.15. The lowest BCUT2D eigenvalue weighted by atomic mass is 9.68. The second kappa shape index (κ2) is 11.5. The van der Waals surface area contributed by atoms with E-state index in [-0.39, 0.29) is 5.75 Å². The summed E-state index contributed by atoms with van der Waals surface area (Å²) in [6.07, 6.45) is 10.4. The summed E-state index contributed by atoms with van der Waals surface area (Å²) >= 11 is 5.38. The summed E-state index contributed by atoms with van der Waals surface area (Å²) in [5.74, 6) is 0.960. The van der Waals surface area contributed by atoms with Gasteiger partial charge in [-0.3, -0.25) is 0 Å². The topological polar surface area (TPSA) is 9.23 Å². The molecule has 2 aliphatic carbocycles. The first-order valence-corrected chi connectivity index (χ1v) is 13.4. The highest BCUT2D eigenvalue weighted by Gasteiger charge is 2.36. The molecule has 4 rings (SSSR count). The third kappa shape index (κ3) is 6.72. The molecule has 1 nitrogen and oxygen atoms in total. The van der Waals surface area contributed by atoms with Crippen molar-refractivity contribution in [2.45, 2.75) is 83.7 Å². The van der Waals surface area contributed by atoms with E-state index in [1.54, 1.807) is 12.1 Å². The van der Waals surface area contributed by atoms with Crippen molar-refractivity contribution in [3.63, 3.8) is 0 Å². The monoisotopic (exact) mass is 510 g/mol. The van der Waals surface area contributed by atoms with Crippen LogP contribution in [0.3, 0.4) is 0 Å². The van der Waals surface area contributed by atoms with Crippen molar-refractivity contribution in [2.24, 2.45) is 23.7 Å². The van der Waals surface area contributed by atoms with Gasteiger partial charge in [-0.05, 0) is 92.0 Å². The van der Waals surface area contributed by atoms with Gasteiger partial charge in [-0.1, -0.05) is 62.8 Å². The quantitative estimate of drug-likeness (QED) is 0.253. The third-order valence-electron chi connectivity index (χ3n) is 8.36. The van der Waals surface area contributed by atoms with Gasteiger partial charge in [0.1, 0.15) is 22.4 Å². The Kier molecular flexibility index (Phi) is 8.67. The minimum atomic E-state index is -3.89. The SMILES string of the molecule is CCC1CCC(C2CCC(CCc3ccc(OC(F)(F)c4cc(F)c(Cl)c(F)c4)cc3)CC2)CC1. The van der Waals surface area contributed by atoms with Crippen LogP contribution in [0.15, 0.2) is 36.4 Å². The van der Waals surface area contributed by atoms with E-state index in [9.17, 15) is 17.6 Å². The van der Waals surface area contributed by atoms with Gasteiger partial charge >= 0.3 is 6.11 Å². The normalized spacial score (nSPS) is 25.4. The largest absolute Gasteiger partial charge is 0.429 e. The fourth-order valence-electron chi connectivity index (χ4n) is 6.04. The van der Waals surface area contributed by atoms with Crippen molar-refractivity contribution >= 4 is 11.6 Å². The molecule has 0 aromatic heterocycles. The minimum absolute atomic E-state index is 0.0622. The second-order valence-electron chi connectivity index (χ2n) is 10.5. The Morgan fingerprint density at radius 3 is 1.86 bits per heavy atom. The molecule has 0 heterocycles. The van der Waals surface area contributed by atoms with Crippen LogP contribution in [0.5, 0.6) is 5.75 Å². The molecule has 0 unspecified atom stereocenters. The molecule has 0 atom stereocenters. The van der Waals surface area contributed by atoms with E-state index in [0.717, 1.165) is 42.1 Å². The summed E-state index contributed by atoms with van der Waals surface area (Å²) in [6.45, 7) is 2.32. The molecular weight excluding hydrogens is 476 g/mol. The standard InChI is InChI=1S/C29H35ClF4O/c1-2-19-5-11-22(12-6-19)23-13-7-20(8-14-23)3-4-21-9-15-25(16-10-21)35-29(33,34)24-17-26(31)28(30)27(32)18-24/h9-10,15-20,22-23H,2-8,11-14H2,1H3. The maximum Gasteiger partial charge on any atom is 0.426 e.